The van der Waals surface area contributed by atoms with Crippen LogP contribution >= 0.6 is 7.82 Å². The fourth-order valence-corrected chi connectivity index (χ4v) is 6.14. The average molecular weight is 792 g/mol. The van der Waals surface area contributed by atoms with E-state index in [9.17, 15) is 19.0 Å². The quantitative estimate of drug-likeness (QED) is 0.0270. The Morgan fingerprint density at radius 1 is 0.545 bits per heavy atom. The third-order valence-electron chi connectivity index (χ3n) is 8.58. The van der Waals surface area contributed by atoms with Crippen molar-refractivity contribution in [2.24, 2.45) is 5.73 Å². The number of ether oxygens (including phenoxy) is 2. The molecule has 0 aliphatic carbocycles. The van der Waals surface area contributed by atoms with Crippen molar-refractivity contribution in [2.45, 2.75) is 174 Å². The molecule has 316 valence electrons. The monoisotopic (exact) mass is 792 g/mol. The van der Waals surface area contributed by atoms with Gasteiger partial charge in [-0.2, -0.15) is 0 Å². The molecular formula is C45H78NO8P. The van der Waals surface area contributed by atoms with E-state index in [1.807, 2.05) is 12.2 Å². The fraction of sp³-hybridized carbons (Fsp3) is 0.689. The minimum absolute atomic E-state index is 0.0385. The highest BCUT2D eigenvalue weighted by Crippen LogP contribution is 2.43. The minimum Gasteiger partial charge on any atom is -0.462 e. The molecule has 0 rings (SSSR count). The summed E-state index contributed by atoms with van der Waals surface area (Å²) in [4.78, 5) is 34.8. The topological polar surface area (TPSA) is 134 Å². The predicted octanol–water partition coefficient (Wildman–Crippen LogP) is 12.3. The molecule has 0 heterocycles. The summed E-state index contributed by atoms with van der Waals surface area (Å²) in [6.45, 7) is 3.59. The summed E-state index contributed by atoms with van der Waals surface area (Å²) in [6, 6.07) is 0. The lowest BCUT2D eigenvalue weighted by Gasteiger charge is -2.19. The second-order valence-corrected chi connectivity index (χ2v) is 15.3. The van der Waals surface area contributed by atoms with Crippen LogP contribution in [-0.2, 0) is 32.7 Å². The standard InChI is InChI=1S/C45H78NO8P/c1-3-5-7-9-11-13-15-17-19-20-21-22-24-26-28-30-32-34-36-38-45(48)54-43(42-53-55(49,50)52-40-39-46)41-51-44(47)37-35-33-31-29-27-25-23-18-16-14-12-10-8-6-4-2/h11,13-14,16-17,19,21-22,26,28,32,34,43H,3-10,12,15,18,20,23-25,27,29-31,33,35-42,46H2,1-2H3,(H,49,50)/b13-11-,16-14-,19-17-,22-21-,28-26-,34-32-/t43-/m1/s1. The molecule has 3 N–H and O–H groups in total. The summed E-state index contributed by atoms with van der Waals surface area (Å²) in [7, 11) is -4.40. The first-order valence-corrected chi connectivity index (χ1v) is 22.9. The molecule has 0 spiro atoms. The lowest BCUT2D eigenvalue weighted by Crippen LogP contribution is -2.29. The van der Waals surface area contributed by atoms with Crippen LogP contribution in [0.1, 0.15) is 168 Å². The summed E-state index contributed by atoms with van der Waals surface area (Å²) in [5, 5.41) is 0. The van der Waals surface area contributed by atoms with E-state index in [-0.39, 0.29) is 32.6 Å². The van der Waals surface area contributed by atoms with Gasteiger partial charge in [0.25, 0.3) is 0 Å². The van der Waals surface area contributed by atoms with Gasteiger partial charge in [-0.05, 0) is 77.0 Å². The molecule has 0 saturated carbocycles. The van der Waals surface area contributed by atoms with Gasteiger partial charge in [-0.3, -0.25) is 18.6 Å². The van der Waals surface area contributed by atoms with Gasteiger partial charge in [0.1, 0.15) is 6.61 Å². The smallest absolute Gasteiger partial charge is 0.462 e. The van der Waals surface area contributed by atoms with E-state index in [0.29, 0.717) is 12.8 Å². The van der Waals surface area contributed by atoms with Crippen LogP contribution in [0.25, 0.3) is 0 Å². The molecule has 0 fully saturated rings. The van der Waals surface area contributed by atoms with E-state index in [2.05, 4.69) is 74.6 Å². The largest absolute Gasteiger partial charge is 0.472 e. The van der Waals surface area contributed by atoms with Crippen molar-refractivity contribution in [3.63, 3.8) is 0 Å². The number of phosphoric ester groups is 1. The van der Waals surface area contributed by atoms with Gasteiger partial charge in [-0.25, -0.2) is 4.57 Å². The number of phosphoric acid groups is 1. The Hall–Kier alpha value is -2.55. The number of hydrogen-bond donors (Lipinski definition) is 2. The Morgan fingerprint density at radius 2 is 0.982 bits per heavy atom. The zero-order valence-corrected chi connectivity index (χ0v) is 35.5. The summed E-state index contributed by atoms with van der Waals surface area (Å²) in [6.07, 6.45) is 49.4. The third-order valence-corrected chi connectivity index (χ3v) is 9.56. The van der Waals surface area contributed by atoms with Gasteiger partial charge in [-0.1, -0.05) is 151 Å². The minimum atomic E-state index is -4.40. The number of carbonyl (C=O) groups excluding carboxylic acids is 2. The van der Waals surface area contributed by atoms with Crippen LogP contribution in [0.3, 0.4) is 0 Å². The van der Waals surface area contributed by atoms with Gasteiger partial charge in [0, 0.05) is 19.4 Å². The van der Waals surface area contributed by atoms with Gasteiger partial charge >= 0.3 is 19.8 Å². The molecule has 0 aromatic rings. The molecule has 0 aliphatic rings. The van der Waals surface area contributed by atoms with Crippen molar-refractivity contribution >= 4 is 19.8 Å². The molecule has 0 aromatic carbocycles. The fourth-order valence-electron chi connectivity index (χ4n) is 5.37. The Balaban J connectivity index is 4.32. The number of allylic oxidation sites excluding steroid dienone is 12. The zero-order chi connectivity index (χ0) is 40.3. The van der Waals surface area contributed by atoms with Crippen LogP contribution in [0.2, 0.25) is 0 Å². The van der Waals surface area contributed by atoms with E-state index >= 15 is 0 Å². The molecule has 0 bridgehead atoms. The van der Waals surface area contributed by atoms with Crippen LogP contribution in [0.5, 0.6) is 0 Å². The van der Waals surface area contributed by atoms with E-state index in [1.165, 1.54) is 77.0 Å². The predicted molar refractivity (Wildman–Crippen MR) is 229 cm³/mol. The first-order chi connectivity index (χ1) is 26.8. The molecule has 0 saturated heterocycles. The maximum Gasteiger partial charge on any atom is 0.472 e. The second-order valence-electron chi connectivity index (χ2n) is 13.8. The first kappa shape index (κ1) is 52.5. The highest BCUT2D eigenvalue weighted by molar-refractivity contribution is 7.47. The molecule has 10 heteroatoms. The number of esters is 2. The summed E-state index contributed by atoms with van der Waals surface area (Å²) in [5.41, 5.74) is 5.34. The summed E-state index contributed by atoms with van der Waals surface area (Å²) < 4.78 is 32.7. The number of unbranched alkanes of at least 4 members (excludes halogenated alkanes) is 14. The maximum absolute atomic E-state index is 12.5. The van der Waals surface area contributed by atoms with Crippen LogP contribution < -0.4 is 5.73 Å². The average Bonchev–Trinajstić information content (AvgIpc) is 3.17. The summed E-state index contributed by atoms with van der Waals surface area (Å²) >= 11 is 0. The lowest BCUT2D eigenvalue weighted by molar-refractivity contribution is -0.161. The highest BCUT2D eigenvalue weighted by Gasteiger charge is 2.25. The van der Waals surface area contributed by atoms with Crippen molar-refractivity contribution in [1.29, 1.82) is 0 Å². The lowest BCUT2D eigenvalue weighted by atomic mass is 10.1. The van der Waals surface area contributed by atoms with Gasteiger partial charge < -0.3 is 20.1 Å². The van der Waals surface area contributed by atoms with Crippen molar-refractivity contribution in [2.75, 3.05) is 26.4 Å². The molecular weight excluding hydrogens is 713 g/mol. The van der Waals surface area contributed by atoms with Gasteiger partial charge in [0.2, 0.25) is 0 Å². The molecule has 2 atom stereocenters. The van der Waals surface area contributed by atoms with Crippen molar-refractivity contribution in [3.05, 3.63) is 72.9 Å². The van der Waals surface area contributed by atoms with Crippen LogP contribution in [0, 0.1) is 0 Å². The number of carbonyl (C=O) groups is 2. The van der Waals surface area contributed by atoms with E-state index in [4.69, 9.17) is 24.3 Å². The molecule has 9 nitrogen and oxygen atoms in total. The second kappa shape index (κ2) is 41.1. The SMILES string of the molecule is CCCCC/C=C\C/C=C\C/C=C\C/C=C\C/C=C\CCC(=O)O[C@H](COC(=O)CCCCCCCCC/C=C\CCCCCC)COP(=O)(O)OCCN. The van der Waals surface area contributed by atoms with Gasteiger partial charge in [0.15, 0.2) is 6.10 Å². The Bertz CT molecular complexity index is 1130. The Labute approximate surface area is 335 Å². The van der Waals surface area contributed by atoms with Crippen molar-refractivity contribution in [3.8, 4) is 0 Å². The molecule has 0 aromatic heterocycles. The first-order valence-electron chi connectivity index (χ1n) is 21.4. The third kappa shape index (κ3) is 40.9. The molecule has 0 amide bonds. The Morgan fingerprint density at radius 3 is 1.53 bits per heavy atom. The van der Waals surface area contributed by atoms with E-state index in [0.717, 1.165) is 51.4 Å². The normalized spacial score (nSPS) is 14.0. The zero-order valence-electron chi connectivity index (χ0n) is 34.6. The highest BCUT2D eigenvalue weighted by atomic mass is 31.2. The molecule has 0 radical (unpaired) electrons. The van der Waals surface area contributed by atoms with Gasteiger partial charge in [-0.15, -0.1) is 0 Å². The van der Waals surface area contributed by atoms with Gasteiger partial charge in [0.05, 0.1) is 13.2 Å². The van der Waals surface area contributed by atoms with E-state index in [1.54, 1.807) is 0 Å². The molecule has 1 unspecified atom stereocenters. The number of hydrogen-bond acceptors (Lipinski definition) is 8. The van der Waals surface area contributed by atoms with E-state index < -0.39 is 32.5 Å². The van der Waals surface area contributed by atoms with Crippen molar-refractivity contribution < 1.29 is 37.6 Å². The molecule has 55 heavy (non-hydrogen) atoms. The molecule has 0 aliphatic heterocycles. The van der Waals surface area contributed by atoms with Crippen LogP contribution in [0.4, 0.5) is 0 Å². The number of nitrogens with two attached hydrogens (primary N) is 1. The van der Waals surface area contributed by atoms with Crippen LogP contribution in [0.15, 0.2) is 72.9 Å². The van der Waals surface area contributed by atoms with Crippen molar-refractivity contribution in [1.82, 2.24) is 0 Å². The summed E-state index contributed by atoms with van der Waals surface area (Å²) in [5.74, 6) is -0.935. The maximum atomic E-state index is 12.5. The van der Waals surface area contributed by atoms with Crippen LogP contribution in [-0.4, -0.2) is 49.3 Å². The Kier molecular flexibility index (Phi) is 39.2. The number of rotatable bonds is 39.